The van der Waals surface area contributed by atoms with Crippen molar-refractivity contribution in [2.45, 2.75) is 13.0 Å². The second kappa shape index (κ2) is 6.72. The molecule has 0 aliphatic carbocycles. The fraction of sp³-hybridized carbons (Fsp3) is 0.333. The number of nitrogens with zero attached hydrogens (tertiary/aromatic N) is 5. The van der Waals surface area contributed by atoms with E-state index in [2.05, 4.69) is 20.2 Å². The summed E-state index contributed by atoms with van der Waals surface area (Å²) in [5.74, 6) is 0.743. The first-order valence-electron chi connectivity index (χ1n) is 8.48. The minimum atomic E-state index is -0.230. The van der Waals surface area contributed by atoms with Crippen LogP contribution in [0.15, 0.2) is 36.8 Å². The molecular formula is C18H20N6O2. The van der Waals surface area contributed by atoms with Crippen LogP contribution in [0.4, 0.5) is 0 Å². The average molecular weight is 352 g/mol. The molecule has 0 radical (unpaired) electrons. The first-order valence-corrected chi connectivity index (χ1v) is 8.48. The molecule has 134 valence electrons. The van der Waals surface area contributed by atoms with E-state index < -0.39 is 0 Å². The lowest BCUT2D eigenvalue weighted by Gasteiger charge is -2.32. The second-order valence-electron chi connectivity index (χ2n) is 6.37. The van der Waals surface area contributed by atoms with Gasteiger partial charge in [0.2, 0.25) is 0 Å². The van der Waals surface area contributed by atoms with Crippen LogP contribution < -0.4 is 0 Å². The van der Waals surface area contributed by atoms with E-state index in [1.54, 1.807) is 23.4 Å². The number of amides is 1. The Balaban J connectivity index is 1.51. The van der Waals surface area contributed by atoms with Gasteiger partial charge in [-0.3, -0.25) is 14.9 Å². The van der Waals surface area contributed by atoms with Gasteiger partial charge in [-0.2, -0.15) is 5.10 Å². The van der Waals surface area contributed by atoms with Crippen LogP contribution in [0.1, 0.15) is 28.1 Å². The maximum Gasteiger partial charge on any atom is 0.272 e. The SMILES string of the molecule is Cc1cn(C)c(C2CN(C(=O)c3cc(-c4cccnc4)n[nH]3)CCO2)n1. The number of aromatic amines is 1. The molecule has 0 bridgehead atoms. The number of nitrogens with one attached hydrogen (secondary N) is 1. The van der Waals surface area contributed by atoms with Gasteiger partial charge in [-0.1, -0.05) is 0 Å². The predicted molar refractivity (Wildman–Crippen MR) is 94.4 cm³/mol. The van der Waals surface area contributed by atoms with Crippen molar-refractivity contribution in [1.29, 1.82) is 0 Å². The lowest BCUT2D eigenvalue weighted by atomic mass is 10.2. The molecule has 1 unspecified atom stereocenters. The second-order valence-corrected chi connectivity index (χ2v) is 6.37. The summed E-state index contributed by atoms with van der Waals surface area (Å²) >= 11 is 0. The first kappa shape index (κ1) is 16.5. The lowest BCUT2D eigenvalue weighted by molar-refractivity contribution is -0.0281. The van der Waals surface area contributed by atoms with Crippen molar-refractivity contribution < 1.29 is 9.53 Å². The number of hydrogen-bond donors (Lipinski definition) is 1. The van der Waals surface area contributed by atoms with E-state index >= 15 is 0 Å². The molecule has 1 aliphatic heterocycles. The summed E-state index contributed by atoms with van der Waals surface area (Å²) in [6, 6.07) is 5.51. The molecule has 0 aromatic carbocycles. The predicted octanol–water partition coefficient (Wildman–Crippen LogP) is 1.73. The number of aromatic nitrogens is 5. The van der Waals surface area contributed by atoms with Crippen molar-refractivity contribution in [1.82, 2.24) is 29.6 Å². The number of pyridine rings is 1. The Morgan fingerprint density at radius 2 is 2.31 bits per heavy atom. The number of ether oxygens (including phenoxy) is 1. The lowest BCUT2D eigenvalue weighted by Crippen LogP contribution is -2.43. The Kier molecular flexibility index (Phi) is 4.26. The summed E-state index contributed by atoms with van der Waals surface area (Å²) in [4.78, 5) is 23.2. The van der Waals surface area contributed by atoms with Gasteiger partial charge < -0.3 is 14.2 Å². The number of H-pyrrole nitrogens is 1. The minimum absolute atomic E-state index is 0.0909. The zero-order valence-corrected chi connectivity index (χ0v) is 14.7. The van der Waals surface area contributed by atoms with Gasteiger partial charge in [-0.15, -0.1) is 0 Å². The normalized spacial score (nSPS) is 17.5. The number of morpholine rings is 1. The van der Waals surface area contributed by atoms with Crippen LogP contribution in [0.3, 0.4) is 0 Å². The summed E-state index contributed by atoms with van der Waals surface area (Å²) in [5, 5.41) is 7.08. The van der Waals surface area contributed by atoms with Crippen LogP contribution in [-0.2, 0) is 11.8 Å². The van der Waals surface area contributed by atoms with Crippen LogP contribution in [0.25, 0.3) is 11.3 Å². The number of carbonyl (C=O) groups excluding carboxylic acids is 1. The molecule has 1 atom stereocenters. The molecule has 1 N–H and O–H groups in total. The van der Waals surface area contributed by atoms with Crippen molar-refractivity contribution >= 4 is 5.91 Å². The summed E-state index contributed by atoms with van der Waals surface area (Å²) in [5.41, 5.74) is 2.96. The molecule has 3 aromatic heterocycles. The van der Waals surface area contributed by atoms with E-state index in [1.807, 2.05) is 36.9 Å². The largest absolute Gasteiger partial charge is 0.367 e. The van der Waals surface area contributed by atoms with Crippen molar-refractivity contribution in [3.63, 3.8) is 0 Å². The zero-order chi connectivity index (χ0) is 18.1. The quantitative estimate of drug-likeness (QED) is 0.775. The van der Waals surface area contributed by atoms with Crippen molar-refractivity contribution in [3.05, 3.63) is 54.0 Å². The van der Waals surface area contributed by atoms with E-state index in [0.29, 0.717) is 31.1 Å². The topological polar surface area (TPSA) is 88.9 Å². The summed E-state index contributed by atoms with van der Waals surface area (Å²) in [7, 11) is 1.94. The standard InChI is InChI=1S/C18H20N6O2/c1-12-10-23(2)17(20-12)16-11-24(6-7-26-16)18(25)15-8-14(21-22-15)13-4-3-5-19-9-13/h3-5,8-10,16H,6-7,11H2,1-2H3,(H,21,22). The van der Waals surface area contributed by atoms with Crippen molar-refractivity contribution in [2.24, 2.45) is 7.05 Å². The van der Waals surface area contributed by atoms with E-state index in [4.69, 9.17) is 4.74 Å². The average Bonchev–Trinajstić information content (AvgIpc) is 3.28. The van der Waals surface area contributed by atoms with Crippen molar-refractivity contribution in [3.8, 4) is 11.3 Å². The molecule has 1 amide bonds. The molecule has 4 rings (SSSR count). The Bertz CT molecular complexity index is 917. The third-order valence-corrected chi connectivity index (χ3v) is 4.44. The molecule has 8 heteroatoms. The highest BCUT2D eigenvalue weighted by atomic mass is 16.5. The van der Waals surface area contributed by atoms with Gasteiger partial charge in [0.25, 0.3) is 5.91 Å². The van der Waals surface area contributed by atoms with Crippen LogP contribution in [-0.4, -0.2) is 55.2 Å². The maximum absolute atomic E-state index is 12.9. The molecule has 1 fully saturated rings. The highest BCUT2D eigenvalue weighted by Crippen LogP contribution is 2.23. The number of rotatable bonds is 3. The summed E-state index contributed by atoms with van der Waals surface area (Å²) in [6.45, 7) is 3.43. The van der Waals surface area contributed by atoms with Gasteiger partial charge in [0.15, 0.2) is 0 Å². The Morgan fingerprint density at radius 1 is 1.42 bits per heavy atom. The molecule has 1 saturated heterocycles. The highest BCUT2D eigenvalue weighted by molar-refractivity contribution is 5.93. The molecule has 4 heterocycles. The molecule has 0 spiro atoms. The molecule has 3 aromatic rings. The smallest absolute Gasteiger partial charge is 0.272 e. The third-order valence-electron chi connectivity index (χ3n) is 4.44. The molecular weight excluding hydrogens is 332 g/mol. The van der Waals surface area contributed by atoms with Gasteiger partial charge >= 0.3 is 0 Å². The molecule has 8 nitrogen and oxygen atoms in total. The minimum Gasteiger partial charge on any atom is -0.367 e. The van der Waals surface area contributed by atoms with E-state index in [0.717, 1.165) is 17.1 Å². The van der Waals surface area contributed by atoms with Crippen molar-refractivity contribution in [2.75, 3.05) is 19.7 Å². The Morgan fingerprint density at radius 3 is 3.04 bits per heavy atom. The highest BCUT2D eigenvalue weighted by Gasteiger charge is 2.29. The third kappa shape index (κ3) is 3.11. The fourth-order valence-electron chi connectivity index (χ4n) is 3.19. The molecule has 0 saturated carbocycles. The van der Waals surface area contributed by atoms with Crippen LogP contribution >= 0.6 is 0 Å². The van der Waals surface area contributed by atoms with Gasteiger partial charge in [0.05, 0.1) is 24.5 Å². The number of hydrogen-bond acceptors (Lipinski definition) is 5. The van der Waals surface area contributed by atoms with Gasteiger partial charge in [0, 0.05) is 37.7 Å². The fourth-order valence-corrected chi connectivity index (χ4v) is 3.19. The van der Waals surface area contributed by atoms with E-state index in [9.17, 15) is 4.79 Å². The number of carbonyl (C=O) groups is 1. The van der Waals surface area contributed by atoms with Crippen LogP contribution in [0.2, 0.25) is 0 Å². The first-order chi connectivity index (χ1) is 12.6. The van der Waals surface area contributed by atoms with Gasteiger partial charge in [-0.05, 0) is 25.1 Å². The van der Waals surface area contributed by atoms with E-state index in [-0.39, 0.29) is 12.0 Å². The number of aryl methyl sites for hydroxylation is 2. The zero-order valence-electron chi connectivity index (χ0n) is 14.7. The molecule has 26 heavy (non-hydrogen) atoms. The summed E-state index contributed by atoms with van der Waals surface area (Å²) < 4.78 is 7.79. The summed E-state index contributed by atoms with van der Waals surface area (Å²) in [6.07, 6.45) is 5.15. The number of imidazole rings is 1. The van der Waals surface area contributed by atoms with Crippen LogP contribution in [0.5, 0.6) is 0 Å². The van der Waals surface area contributed by atoms with Gasteiger partial charge in [0.1, 0.15) is 17.6 Å². The Hall–Kier alpha value is -3.00. The maximum atomic E-state index is 12.9. The van der Waals surface area contributed by atoms with Crippen LogP contribution in [0, 0.1) is 6.92 Å². The Labute approximate surface area is 150 Å². The van der Waals surface area contributed by atoms with Gasteiger partial charge in [-0.25, -0.2) is 4.98 Å². The van der Waals surface area contributed by atoms with E-state index in [1.165, 1.54) is 0 Å². The molecule has 1 aliphatic rings. The monoisotopic (exact) mass is 352 g/mol.